The van der Waals surface area contributed by atoms with Gasteiger partial charge in [-0.2, -0.15) is 0 Å². The molecule has 0 saturated carbocycles. The van der Waals surface area contributed by atoms with E-state index in [0.29, 0.717) is 5.82 Å². The highest BCUT2D eigenvalue weighted by Gasteiger charge is 2.26. The van der Waals surface area contributed by atoms with Gasteiger partial charge in [0.2, 0.25) is 0 Å². The number of thiophene rings is 1. The SMILES string of the molecule is Cc1csc2ncnc(N(C)C3=CC(=O)NC3=O)c12.Cl. The molecule has 2 aromatic rings. The molecule has 0 aromatic carbocycles. The molecule has 20 heavy (non-hydrogen) atoms. The number of halogens is 1. The average Bonchev–Trinajstić information content (AvgIpc) is 2.92. The molecule has 0 bridgehead atoms. The topological polar surface area (TPSA) is 75.2 Å². The second kappa shape index (κ2) is 5.18. The highest BCUT2D eigenvalue weighted by molar-refractivity contribution is 7.17. The Hall–Kier alpha value is -1.99. The van der Waals surface area contributed by atoms with Gasteiger partial charge in [0.15, 0.2) is 0 Å². The van der Waals surface area contributed by atoms with Crippen LogP contribution in [0.2, 0.25) is 0 Å². The number of nitrogens with zero attached hydrogens (tertiary/aromatic N) is 3. The van der Waals surface area contributed by atoms with Gasteiger partial charge in [-0.25, -0.2) is 9.97 Å². The normalized spacial score (nSPS) is 14.0. The number of imide groups is 1. The molecule has 1 aliphatic heterocycles. The van der Waals surface area contributed by atoms with Gasteiger partial charge in [0.25, 0.3) is 11.8 Å². The van der Waals surface area contributed by atoms with E-state index >= 15 is 0 Å². The number of fused-ring (bicyclic) bond motifs is 1. The summed E-state index contributed by atoms with van der Waals surface area (Å²) in [6, 6.07) is 0. The van der Waals surface area contributed by atoms with E-state index in [4.69, 9.17) is 0 Å². The lowest BCUT2D eigenvalue weighted by Gasteiger charge is -2.18. The highest BCUT2D eigenvalue weighted by Crippen LogP contribution is 2.31. The summed E-state index contributed by atoms with van der Waals surface area (Å²) in [5, 5.41) is 5.12. The van der Waals surface area contributed by atoms with Crippen LogP contribution in [0, 0.1) is 6.92 Å². The minimum Gasteiger partial charge on any atom is -0.324 e. The maximum absolute atomic E-state index is 11.7. The molecule has 2 aromatic heterocycles. The molecule has 3 rings (SSSR count). The average molecular weight is 311 g/mol. The fourth-order valence-electron chi connectivity index (χ4n) is 2.02. The summed E-state index contributed by atoms with van der Waals surface area (Å²) < 4.78 is 0. The van der Waals surface area contributed by atoms with Crippen LogP contribution in [-0.4, -0.2) is 28.8 Å². The summed E-state index contributed by atoms with van der Waals surface area (Å²) in [7, 11) is 1.71. The lowest BCUT2D eigenvalue weighted by Crippen LogP contribution is -2.29. The first-order valence-electron chi connectivity index (χ1n) is 5.57. The molecule has 1 aliphatic rings. The Bertz CT molecular complexity index is 740. The fraction of sp³-hybridized carbons (Fsp3) is 0.167. The van der Waals surface area contributed by atoms with Crippen molar-refractivity contribution in [2.45, 2.75) is 6.92 Å². The Labute approximate surface area is 124 Å². The first kappa shape index (κ1) is 14.4. The standard InChI is InChI=1S/C12H10N4O2S.ClH/c1-6-4-19-12-9(6)10(13-5-14-12)16(2)7-3-8(17)15-11(7)18;/h3-5H,1-2H3,(H,15,17,18);1H. The summed E-state index contributed by atoms with van der Waals surface area (Å²) >= 11 is 1.52. The number of hydrogen-bond acceptors (Lipinski definition) is 6. The van der Waals surface area contributed by atoms with Crippen LogP contribution in [0.25, 0.3) is 10.2 Å². The third-order valence-corrected chi connectivity index (χ3v) is 3.95. The smallest absolute Gasteiger partial charge is 0.274 e. The van der Waals surface area contributed by atoms with Gasteiger partial charge in [0.05, 0.1) is 5.39 Å². The molecule has 0 unspecified atom stereocenters. The highest BCUT2D eigenvalue weighted by atomic mass is 35.5. The van der Waals surface area contributed by atoms with Crippen molar-refractivity contribution >= 4 is 51.6 Å². The molecule has 2 amide bonds. The van der Waals surface area contributed by atoms with Gasteiger partial charge in [-0.05, 0) is 17.9 Å². The molecule has 8 heteroatoms. The van der Waals surface area contributed by atoms with Crippen LogP contribution in [-0.2, 0) is 9.59 Å². The minimum absolute atomic E-state index is 0. The van der Waals surface area contributed by atoms with Gasteiger partial charge in [-0.3, -0.25) is 14.9 Å². The first-order valence-corrected chi connectivity index (χ1v) is 6.45. The van der Waals surface area contributed by atoms with Crippen molar-refractivity contribution in [2.24, 2.45) is 0 Å². The van der Waals surface area contributed by atoms with E-state index in [1.165, 1.54) is 23.7 Å². The number of hydrogen-bond donors (Lipinski definition) is 1. The molecule has 3 heterocycles. The van der Waals surface area contributed by atoms with Gasteiger partial charge in [0, 0.05) is 13.1 Å². The maximum atomic E-state index is 11.7. The predicted octanol–water partition coefficient (Wildman–Crippen LogP) is 1.40. The number of rotatable bonds is 2. The Morgan fingerprint density at radius 2 is 2.05 bits per heavy atom. The van der Waals surface area contributed by atoms with Crippen LogP contribution in [0.1, 0.15) is 5.56 Å². The van der Waals surface area contributed by atoms with Crippen molar-refractivity contribution in [2.75, 3.05) is 11.9 Å². The number of amides is 2. The van der Waals surface area contributed by atoms with Gasteiger partial charge >= 0.3 is 0 Å². The van der Waals surface area contributed by atoms with E-state index in [-0.39, 0.29) is 18.1 Å². The number of nitrogens with one attached hydrogen (secondary N) is 1. The molecule has 1 N–H and O–H groups in total. The largest absolute Gasteiger partial charge is 0.324 e. The zero-order valence-electron chi connectivity index (χ0n) is 10.7. The van der Waals surface area contributed by atoms with Crippen molar-refractivity contribution in [1.29, 1.82) is 0 Å². The molecule has 0 saturated heterocycles. The number of carbonyl (C=O) groups excluding carboxylic acids is 2. The second-order valence-corrected chi connectivity index (χ2v) is 5.06. The lowest BCUT2D eigenvalue weighted by molar-refractivity contribution is -0.123. The number of aromatic nitrogens is 2. The summed E-state index contributed by atoms with van der Waals surface area (Å²) in [5.74, 6) is -0.189. The number of likely N-dealkylation sites (N-methyl/N-ethyl adjacent to an activating group) is 1. The van der Waals surface area contributed by atoms with Gasteiger partial charge in [-0.1, -0.05) is 0 Å². The zero-order chi connectivity index (χ0) is 13.6. The molecule has 6 nitrogen and oxygen atoms in total. The lowest BCUT2D eigenvalue weighted by atomic mass is 10.2. The van der Waals surface area contributed by atoms with E-state index in [0.717, 1.165) is 15.8 Å². The quantitative estimate of drug-likeness (QED) is 0.849. The van der Waals surface area contributed by atoms with E-state index in [1.54, 1.807) is 11.9 Å². The van der Waals surface area contributed by atoms with E-state index in [2.05, 4.69) is 15.3 Å². The van der Waals surface area contributed by atoms with Crippen molar-refractivity contribution in [3.63, 3.8) is 0 Å². The summed E-state index contributed by atoms with van der Waals surface area (Å²) in [4.78, 5) is 33.8. The maximum Gasteiger partial charge on any atom is 0.274 e. The van der Waals surface area contributed by atoms with E-state index in [9.17, 15) is 9.59 Å². The molecule has 0 radical (unpaired) electrons. The van der Waals surface area contributed by atoms with Crippen LogP contribution in [0.15, 0.2) is 23.5 Å². The van der Waals surface area contributed by atoms with Crippen LogP contribution in [0.4, 0.5) is 5.82 Å². The Kier molecular flexibility index (Phi) is 3.74. The molecule has 0 aliphatic carbocycles. The van der Waals surface area contributed by atoms with Crippen LogP contribution < -0.4 is 10.2 Å². The molecule has 0 spiro atoms. The first-order chi connectivity index (χ1) is 9.08. The predicted molar refractivity (Wildman–Crippen MR) is 79.0 cm³/mol. The van der Waals surface area contributed by atoms with Crippen molar-refractivity contribution in [3.05, 3.63) is 29.0 Å². The summed E-state index contributed by atoms with van der Waals surface area (Å²) in [6.45, 7) is 1.97. The molecule has 0 fully saturated rings. The molecular weight excluding hydrogens is 300 g/mol. The Morgan fingerprint density at radius 1 is 1.30 bits per heavy atom. The van der Waals surface area contributed by atoms with Crippen LogP contribution >= 0.6 is 23.7 Å². The summed E-state index contributed by atoms with van der Waals surface area (Å²) in [5.41, 5.74) is 1.34. The molecule has 0 atom stereocenters. The van der Waals surface area contributed by atoms with Crippen molar-refractivity contribution in [1.82, 2.24) is 15.3 Å². The van der Waals surface area contributed by atoms with Gasteiger partial charge in [-0.15, -0.1) is 23.7 Å². The van der Waals surface area contributed by atoms with Crippen molar-refractivity contribution < 1.29 is 9.59 Å². The summed E-state index contributed by atoms with van der Waals surface area (Å²) in [6.07, 6.45) is 2.73. The van der Waals surface area contributed by atoms with E-state index < -0.39 is 11.8 Å². The Balaban J connectivity index is 0.00000147. The monoisotopic (exact) mass is 310 g/mol. The Morgan fingerprint density at radius 3 is 2.70 bits per heavy atom. The number of anilines is 1. The van der Waals surface area contributed by atoms with Gasteiger partial charge < -0.3 is 4.90 Å². The number of aryl methyl sites for hydroxylation is 1. The second-order valence-electron chi connectivity index (χ2n) is 4.20. The zero-order valence-corrected chi connectivity index (χ0v) is 12.3. The molecular formula is C12H11ClN4O2S. The fourth-order valence-corrected chi connectivity index (χ4v) is 2.90. The van der Waals surface area contributed by atoms with E-state index in [1.807, 2.05) is 12.3 Å². The molecule has 104 valence electrons. The number of carbonyl (C=O) groups is 2. The van der Waals surface area contributed by atoms with Gasteiger partial charge in [0.1, 0.15) is 22.7 Å². The van der Waals surface area contributed by atoms with Crippen LogP contribution in [0.3, 0.4) is 0 Å². The minimum atomic E-state index is -0.410. The van der Waals surface area contributed by atoms with Crippen molar-refractivity contribution in [3.8, 4) is 0 Å². The third kappa shape index (κ3) is 2.14. The third-order valence-electron chi connectivity index (χ3n) is 2.95. The van der Waals surface area contributed by atoms with Crippen LogP contribution in [0.5, 0.6) is 0 Å².